The first-order valence-electron chi connectivity index (χ1n) is 12.2. The molecule has 0 saturated carbocycles. The van der Waals surface area contributed by atoms with E-state index in [-0.39, 0.29) is 5.41 Å². The zero-order chi connectivity index (χ0) is 21.3. The highest BCUT2D eigenvalue weighted by molar-refractivity contribution is 5.62. The summed E-state index contributed by atoms with van der Waals surface area (Å²) in [6, 6.07) is 4.09. The summed E-state index contributed by atoms with van der Waals surface area (Å²) in [5, 5.41) is 0. The average Bonchev–Trinajstić information content (AvgIpc) is 3.16. The van der Waals surface area contributed by atoms with Crippen LogP contribution in [0.3, 0.4) is 0 Å². The molecule has 4 heterocycles. The lowest BCUT2D eigenvalue weighted by atomic mass is 9.77. The van der Waals surface area contributed by atoms with Crippen molar-refractivity contribution in [2.75, 3.05) is 57.8 Å². The lowest BCUT2D eigenvalue weighted by Crippen LogP contribution is -2.46. The number of rotatable bonds is 5. The smallest absolute Gasteiger partial charge is 0.163 e. The summed E-state index contributed by atoms with van der Waals surface area (Å²) in [6.45, 7) is 10.2. The second-order valence-corrected chi connectivity index (χ2v) is 9.74. The van der Waals surface area contributed by atoms with Crippen LogP contribution in [-0.4, -0.2) is 77.6 Å². The summed E-state index contributed by atoms with van der Waals surface area (Å²) in [5.41, 5.74) is 4.00. The standard InChI is InChI=1S/C25H36N6/c1-3-4-12-30-13-6-9-25(19-30)10-8-21-22(25)27-23(20-7-5-11-26-18-20)28-24(21)31-16-14-29(2)15-17-31/h5,7,11,18H,3-4,6,8-10,12-17,19H2,1-2H3. The number of hydrogen-bond donors (Lipinski definition) is 0. The number of piperazine rings is 1. The molecule has 0 N–H and O–H groups in total. The van der Waals surface area contributed by atoms with Crippen molar-refractivity contribution in [3.63, 3.8) is 0 Å². The predicted molar refractivity (Wildman–Crippen MR) is 126 cm³/mol. The number of pyridine rings is 1. The van der Waals surface area contributed by atoms with Gasteiger partial charge in [-0.3, -0.25) is 4.98 Å². The summed E-state index contributed by atoms with van der Waals surface area (Å²) in [7, 11) is 2.21. The van der Waals surface area contributed by atoms with Crippen LogP contribution in [0.15, 0.2) is 24.5 Å². The van der Waals surface area contributed by atoms with Crippen molar-refractivity contribution < 1.29 is 0 Å². The zero-order valence-electron chi connectivity index (χ0n) is 19.2. The van der Waals surface area contributed by atoms with Gasteiger partial charge in [0, 0.05) is 61.7 Å². The fourth-order valence-corrected chi connectivity index (χ4v) is 5.72. The van der Waals surface area contributed by atoms with Crippen LogP contribution in [0.5, 0.6) is 0 Å². The first-order chi connectivity index (χ1) is 15.2. The van der Waals surface area contributed by atoms with E-state index in [4.69, 9.17) is 9.97 Å². The van der Waals surface area contributed by atoms with Crippen molar-refractivity contribution >= 4 is 5.82 Å². The molecule has 1 aliphatic carbocycles. The number of likely N-dealkylation sites (N-methyl/N-ethyl adjacent to an activating group) is 1. The largest absolute Gasteiger partial charge is 0.354 e. The monoisotopic (exact) mass is 420 g/mol. The quantitative estimate of drug-likeness (QED) is 0.739. The van der Waals surface area contributed by atoms with Crippen LogP contribution >= 0.6 is 0 Å². The maximum Gasteiger partial charge on any atom is 0.163 e. The molecule has 6 heteroatoms. The Morgan fingerprint density at radius 3 is 2.71 bits per heavy atom. The number of likely N-dealkylation sites (tertiary alicyclic amines) is 1. The summed E-state index contributed by atoms with van der Waals surface area (Å²) in [4.78, 5) is 22.4. The molecule has 2 fully saturated rings. The number of hydrogen-bond acceptors (Lipinski definition) is 6. The minimum Gasteiger partial charge on any atom is -0.354 e. The molecule has 2 aliphatic heterocycles. The highest BCUT2D eigenvalue weighted by Crippen LogP contribution is 2.47. The fourth-order valence-electron chi connectivity index (χ4n) is 5.72. The third-order valence-electron chi connectivity index (χ3n) is 7.55. The molecule has 6 nitrogen and oxygen atoms in total. The SMILES string of the molecule is CCCCN1CCCC2(CCc3c(N4CCN(C)CC4)nc(-c4cccnc4)nc32)C1. The third kappa shape index (κ3) is 4.08. The molecule has 166 valence electrons. The molecule has 31 heavy (non-hydrogen) atoms. The molecular formula is C25H36N6. The van der Waals surface area contributed by atoms with Crippen LogP contribution in [0, 0.1) is 0 Å². The van der Waals surface area contributed by atoms with Crippen LogP contribution in [0.25, 0.3) is 11.4 Å². The lowest BCUT2D eigenvalue weighted by Gasteiger charge is -2.41. The lowest BCUT2D eigenvalue weighted by molar-refractivity contribution is 0.141. The molecule has 2 aromatic heterocycles. The van der Waals surface area contributed by atoms with Crippen LogP contribution in [0.1, 0.15) is 50.3 Å². The van der Waals surface area contributed by atoms with Gasteiger partial charge in [-0.1, -0.05) is 13.3 Å². The topological polar surface area (TPSA) is 48.4 Å². The Hall–Kier alpha value is -2.05. The van der Waals surface area contributed by atoms with Crippen molar-refractivity contribution in [3.05, 3.63) is 35.8 Å². The zero-order valence-corrected chi connectivity index (χ0v) is 19.2. The van der Waals surface area contributed by atoms with E-state index < -0.39 is 0 Å². The normalized spacial score (nSPS) is 24.6. The summed E-state index contributed by atoms with van der Waals surface area (Å²) in [6.07, 6.45) is 11.2. The maximum absolute atomic E-state index is 5.27. The van der Waals surface area contributed by atoms with Gasteiger partial charge in [0.15, 0.2) is 5.82 Å². The molecule has 5 rings (SSSR count). The van der Waals surface area contributed by atoms with Gasteiger partial charge in [0.25, 0.3) is 0 Å². The minimum absolute atomic E-state index is 0.197. The van der Waals surface area contributed by atoms with Crippen LogP contribution in [0.4, 0.5) is 5.82 Å². The number of fused-ring (bicyclic) bond motifs is 2. The van der Waals surface area contributed by atoms with Crippen LogP contribution in [-0.2, 0) is 11.8 Å². The Morgan fingerprint density at radius 2 is 1.94 bits per heavy atom. The molecule has 1 atom stereocenters. The maximum atomic E-state index is 5.27. The molecule has 0 amide bonds. The third-order valence-corrected chi connectivity index (χ3v) is 7.55. The number of aromatic nitrogens is 3. The van der Waals surface area contributed by atoms with Crippen LogP contribution in [0.2, 0.25) is 0 Å². The van der Waals surface area contributed by atoms with Crippen molar-refractivity contribution in [1.82, 2.24) is 24.8 Å². The van der Waals surface area contributed by atoms with Gasteiger partial charge in [-0.2, -0.15) is 0 Å². The van der Waals surface area contributed by atoms with Crippen molar-refractivity contribution in [2.24, 2.45) is 0 Å². The number of piperidine rings is 1. The van der Waals surface area contributed by atoms with E-state index in [2.05, 4.69) is 39.7 Å². The molecule has 2 saturated heterocycles. The molecule has 3 aliphatic rings. The highest BCUT2D eigenvalue weighted by Gasteiger charge is 2.45. The van der Waals surface area contributed by atoms with E-state index in [1.165, 1.54) is 62.3 Å². The number of anilines is 1. The van der Waals surface area contributed by atoms with Gasteiger partial charge in [-0.15, -0.1) is 0 Å². The van der Waals surface area contributed by atoms with Gasteiger partial charge < -0.3 is 14.7 Å². The highest BCUT2D eigenvalue weighted by atomic mass is 15.3. The first-order valence-corrected chi connectivity index (χ1v) is 12.2. The predicted octanol–water partition coefficient (Wildman–Crippen LogP) is 3.37. The fraction of sp³-hybridized carbons (Fsp3) is 0.640. The van der Waals surface area contributed by atoms with E-state index >= 15 is 0 Å². The summed E-state index contributed by atoms with van der Waals surface area (Å²) in [5.74, 6) is 2.05. The van der Waals surface area contributed by atoms with Gasteiger partial charge in [0.05, 0.1) is 5.69 Å². The van der Waals surface area contributed by atoms with E-state index in [0.29, 0.717) is 0 Å². The number of nitrogens with zero attached hydrogens (tertiary/aromatic N) is 6. The van der Waals surface area contributed by atoms with Crippen molar-refractivity contribution in [2.45, 2.75) is 50.9 Å². The second kappa shape index (κ2) is 8.83. The molecule has 0 aromatic carbocycles. The van der Waals surface area contributed by atoms with Gasteiger partial charge >= 0.3 is 0 Å². The molecular weight excluding hydrogens is 384 g/mol. The Labute approximate surface area is 186 Å². The van der Waals surface area contributed by atoms with E-state index in [9.17, 15) is 0 Å². The molecule has 2 aromatic rings. The van der Waals surface area contributed by atoms with E-state index in [1.54, 1.807) is 0 Å². The Balaban J connectivity index is 1.55. The van der Waals surface area contributed by atoms with E-state index in [0.717, 1.165) is 50.5 Å². The Kier molecular flexibility index (Phi) is 5.93. The van der Waals surface area contributed by atoms with E-state index in [1.807, 2.05) is 18.5 Å². The summed E-state index contributed by atoms with van der Waals surface area (Å²) >= 11 is 0. The summed E-state index contributed by atoms with van der Waals surface area (Å²) < 4.78 is 0. The van der Waals surface area contributed by atoms with Gasteiger partial charge in [0.2, 0.25) is 0 Å². The molecule has 0 bridgehead atoms. The molecule has 0 radical (unpaired) electrons. The van der Waals surface area contributed by atoms with Crippen molar-refractivity contribution in [3.8, 4) is 11.4 Å². The van der Waals surface area contributed by atoms with Crippen LogP contribution < -0.4 is 4.90 Å². The average molecular weight is 421 g/mol. The molecule has 1 spiro atoms. The molecule has 1 unspecified atom stereocenters. The Morgan fingerprint density at radius 1 is 1.06 bits per heavy atom. The van der Waals surface area contributed by atoms with Crippen molar-refractivity contribution in [1.29, 1.82) is 0 Å². The number of unbranched alkanes of at least 4 members (excludes halogenated alkanes) is 1. The second-order valence-electron chi connectivity index (χ2n) is 9.74. The first kappa shape index (κ1) is 20.8. The van der Waals surface area contributed by atoms with Gasteiger partial charge in [0.1, 0.15) is 5.82 Å². The minimum atomic E-state index is 0.197. The Bertz CT molecular complexity index is 892. The van der Waals surface area contributed by atoms with Gasteiger partial charge in [-0.05, 0) is 64.4 Å². The van der Waals surface area contributed by atoms with Gasteiger partial charge in [-0.25, -0.2) is 9.97 Å².